The Kier molecular flexibility index (Phi) is 5.20. The number of hydrogen-bond acceptors (Lipinski definition) is 5. The number of fused-ring (bicyclic) bond motifs is 1. The number of methoxy groups -OCH3 is 2. The number of carbonyl (C=O) groups is 2. The van der Waals surface area contributed by atoms with Gasteiger partial charge in [0.1, 0.15) is 24.5 Å². The van der Waals surface area contributed by atoms with Gasteiger partial charge in [0.05, 0.1) is 38.6 Å². The number of benzene rings is 1. The van der Waals surface area contributed by atoms with Crippen molar-refractivity contribution in [1.82, 2.24) is 4.98 Å². The number of nitrogens with one attached hydrogen (secondary N) is 3. The van der Waals surface area contributed by atoms with Gasteiger partial charge in [0.25, 0.3) is 5.91 Å². The van der Waals surface area contributed by atoms with E-state index in [-0.39, 0.29) is 11.6 Å². The van der Waals surface area contributed by atoms with Crippen LogP contribution in [-0.2, 0) is 14.3 Å². The molecule has 0 bridgehead atoms. The molecule has 25 heavy (non-hydrogen) atoms. The van der Waals surface area contributed by atoms with Gasteiger partial charge >= 0.3 is 5.97 Å². The Morgan fingerprint density at radius 1 is 1.28 bits per heavy atom. The van der Waals surface area contributed by atoms with E-state index in [0.717, 1.165) is 23.4 Å². The number of hydrogen-bond donors (Lipinski definition) is 3. The van der Waals surface area contributed by atoms with Crippen LogP contribution < -0.4 is 15.0 Å². The zero-order valence-corrected chi connectivity index (χ0v) is 14.3. The highest BCUT2D eigenvalue weighted by Crippen LogP contribution is 2.30. The molecule has 1 aromatic carbocycles. The second-order valence-corrected chi connectivity index (χ2v) is 5.87. The Hall–Kier alpha value is -2.58. The van der Waals surface area contributed by atoms with Gasteiger partial charge in [0.15, 0.2) is 6.54 Å². The quantitative estimate of drug-likeness (QED) is 0.652. The van der Waals surface area contributed by atoms with E-state index in [4.69, 9.17) is 14.2 Å². The van der Waals surface area contributed by atoms with Gasteiger partial charge in [-0.2, -0.15) is 0 Å². The van der Waals surface area contributed by atoms with Crippen LogP contribution in [0.3, 0.4) is 0 Å². The van der Waals surface area contributed by atoms with Crippen LogP contribution in [-0.4, -0.2) is 63.9 Å². The van der Waals surface area contributed by atoms with Gasteiger partial charge in [-0.3, -0.25) is 4.79 Å². The highest BCUT2D eigenvalue weighted by atomic mass is 16.5. The van der Waals surface area contributed by atoms with Crippen molar-refractivity contribution in [3.8, 4) is 5.75 Å². The molecule has 1 saturated heterocycles. The summed E-state index contributed by atoms with van der Waals surface area (Å²) >= 11 is 0. The number of carbonyl (C=O) groups excluding carboxylic acids is 2. The molecular weight excluding hydrogens is 326 g/mol. The highest BCUT2D eigenvalue weighted by molar-refractivity contribution is 6.11. The number of esters is 1. The van der Waals surface area contributed by atoms with Crippen LogP contribution in [0, 0.1) is 0 Å². The Morgan fingerprint density at radius 3 is 2.72 bits per heavy atom. The van der Waals surface area contributed by atoms with Crippen molar-refractivity contribution in [3.05, 3.63) is 23.9 Å². The first-order chi connectivity index (χ1) is 12.1. The van der Waals surface area contributed by atoms with E-state index in [1.165, 1.54) is 7.11 Å². The van der Waals surface area contributed by atoms with Gasteiger partial charge in [-0.1, -0.05) is 0 Å². The SMILES string of the molecule is COC(=O)c1[nH]c2cc(OC)ccc2c1NC(=O)C[NH+]1CCOCC1. The molecule has 0 aliphatic carbocycles. The maximum Gasteiger partial charge on any atom is 0.356 e. The topological polar surface area (TPSA) is 94.1 Å². The second kappa shape index (κ2) is 7.54. The molecule has 2 heterocycles. The van der Waals surface area contributed by atoms with Crippen molar-refractivity contribution in [3.63, 3.8) is 0 Å². The lowest BCUT2D eigenvalue weighted by Gasteiger charge is -2.23. The van der Waals surface area contributed by atoms with Gasteiger partial charge in [0, 0.05) is 11.5 Å². The molecule has 1 amide bonds. The first-order valence-corrected chi connectivity index (χ1v) is 8.11. The molecule has 1 aliphatic rings. The number of ether oxygens (including phenoxy) is 3. The molecule has 1 fully saturated rings. The van der Waals surface area contributed by atoms with Crippen molar-refractivity contribution >= 4 is 28.5 Å². The molecule has 2 aromatic rings. The fourth-order valence-corrected chi connectivity index (χ4v) is 2.94. The molecule has 1 aromatic heterocycles. The number of morpholine rings is 1. The molecular formula is C17H22N3O5+. The molecule has 3 rings (SSSR count). The fraction of sp³-hybridized carbons (Fsp3) is 0.412. The summed E-state index contributed by atoms with van der Waals surface area (Å²) in [7, 11) is 2.87. The average molecular weight is 348 g/mol. The van der Waals surface area contributed by atoms with E-state index < -0.39 is 5.97 Å². The highest BCUT2D eigenvalue weighted by Gasteiger charge is 2.23. The van der Waals surface area contributed by atoms with Crippen molar-refractivity contribution in [2.24, 2.45) is 0 Å². The Labute approximate surface area is 145 Å². The number of H-pyrrole nitrogens is 1. The zero-order valence-electron chi connectivity index (χ0n) is 14.3. The normalized spacial score (nSPS) is 15.1. The third kappa shape index (κ3) is 3.75. The van der Waals surface area contributed by atoms with Crippen LogP contribution in [0.25, 0.3) is 10.9 Å². The van der Waals surface area contributed by atoms with E-state index >= 15 is 0 Å². The summed E-state index contributed by atoms with van der Waals surface area (Å²) in [5, 5.41) is 3.59. The van der Waals surface area contributed by atoms with Gasteiger partial charge in [-0.05, 0) is 12.1 Å². The molecule has 0 atom stereocenters. The average Bonchev–Trinajstić information content (AvgIpc) is 2.99. The van der Waals surface area contributed by atoms with Gasteiger partial charge in [-0.15, -0.1) is 0 Å². The minimum atomic E-state index is -0.538. The minimum Gasteiger partial charge on any atom is -0.497 e. The van der Waals surface area contributed by atoms with Crippen LogP contribution in [0.2, 0.25) is 0 Å². The van der Waals surface area contributed by atoms with Crippen LogP contribution in [0.5, 0.6) is 5.75 Å². The maximum absolute atomic E-state index is 12.4. The number of rotatable bonds is 5. The molecule has 3 N–H and O–H groups in total. The minimum absolute atomic E-state index is 0.154. The summed E-state index contributed by atoms with van der Waals surface area (Å²) in [5.41, 5.74) is 1.34. The molecule has 0 radical (unpaired) electrons. The van der Waals surface area contributed by atoms with E-state index in [2.05, 4.69) is 10.3 Å². The smallest absolute Gasteiger partial charge is 0.356 e. The van der Waals surface area contributed by atoms with E-state index in [1.807, 2.05) is 0 Å². The van der Waals surface area contributed by atoms with Gasteiger partial charge in [-0.25, -0.2) is 4.79 Å². The van der Waals surface area contributed by atoms with Crippen LogP contribution in [0.1, 0.15) is 10.5 Å². The molecule has 0 spiro atoms. The maximum atomic E-state index is 12.4. The Balaban J connectivity index is 1.87. The summed E-state index contributed by atoms with van der Waals surface area (Å²) in [6.07, 6.45) is 0. The van der Waals surface area contributed by atoms with Crippen molar-refractivity contribution in [2.45, 2.75) is 0 Å². The van der Waals surface area contributed by atoms with Crippen molar-refractivity contribution < 1.29 is 28.7 Å². The largest absolute Gasteiger partial charge is 0.497 e. The third-order valence-corrected chi connectivity index (χ3v) is 4.27. The Morgan fingerprint density at radius 2 is 2.04 bits per heavy atom. The summed E-state index contributed by atoms with van der Waals surface area (Å²) in [6.45, 7) is 3.23. The lowest BCUT2D eigenvalue weighted by atomic mass is 10.2. The first kappa shape index (κ1) is 17.2. The second-order valence-electron chi connectivity index (χ2n) is 5.87. The monoisotopic (exact) mass is 348 g/mol. The molecule has 0 saturated carbocycles. The first-order valence-electron chi connectivity index (χ1n) is 8.11. The number of amides is 1. The molecule has 8 nitrogen and oxygen atoms in total. The number of anilines is 1. The molecule has 0 unspecified atom stereocenters. The van der Waals surface area contributed by atoms with Gasteiger partial charge in [0.2, 0.25) is 0 Å². The molecule has 134 valence electrons. The lowest BCUT2D eigenvalue weighted by Crippen LogP contribution is -3.15. The Bertz CT molecular complexity index is 780. The predicted octanol–water partition coefficient (Wildman–Crippen LogP) is -0.183. The lowest BCUT2D eigenvalue weighted by molar-refractivity contribution is -0.899. The standard InChI is InChI=1S/C17H21N3O5/c1-23-11-3-4-12-13(9-11)18-16(17(22)24-2)15(12)19-14(21)10-20-5-7-25-8-6-20/h3-4,9,18H,5-8,10H2,1-2H3,(H,19,21)/p+1. The van der Waals surface area contributed by atoms with Crippen molar-refractivity contribution in [1.29, 1.82) is 0 Å². The molecule has 8 heteroatoms. The third-order valence-electron chi connectivity index (χ3n) is 4.27. The summed E-state index contributed by atoms with van der Waals surface area (Å²) in [6, 6.07) is 5.35. The zero-order chi connectivity index (χ0) is 17.8. The number of aromatic nitrogens is 1. The summed E-state index contributed by atoms with van der Waals surface area (Å²) in [5.74, 6) is -0.0382. The summed E-state index contributed by atoms with van der Waals surface area (Å²) in [4.78, 5) is 28.7. The van der Waals surface area contributed by atoms with E-state index in [1.54, 1.807) is 25.3 Å². The van der Waals surface area contributed by atoms with E-state index in [9.17, 15) is 9.59 Å². The number of quaternary nitrogens is 1. The van der Waals surface area contributed by atoms with E-state index in [0.29, 0.717) is 36.7 Å². The predicted molar refractivity (Wildman–Crippen MR) is 91.2 cm³/mol. The molecule has 1 aliphatic heterocycles. The fourth-order valence-electron chi connectivity index (χ4n) is 2.94. The van der Waals surface area contributed by atoms with Crippen molar-refractivity contribution in [2.75, 3.05) is 52.4 Å². The van der Waals surface area contributed by atoms with Crippen LogP contribution in [0.15, 0.2) is 18.2 Å². The number of aromatic amines is 1. The van der Waals surface area contributed by atoms with Crippen LogP contribution in [0.4, 0.5) is 5.69 Å². The van der Waals surface area contributed by atoms with Gasteiger partial charge < -0.3 is 29.4 Å². The van der Waals surface area contributed by atoms with Crippen LogP contribution >= 0.6 is 0 Å². The summed E-state index contributed by atoms with van der Waals surface area (Å²) < 4.78 is 15.3.